The molecule has 0 aliphatic carbocycles. The summed E-state index contributed by atoms with van der Waals surface area (Å²) in [5.74, 6) is 4.29. The molecule has 0 unspecified atom stereocenters. The largest absolute Gasteiger partial charge is 0.317 e. The average Bonchev–Trinajstić information content (AvgIpc) is 3.28. The summed E-state index contributed by atoms with van der Waals surface area (Å²) in [6, 6.07) is 21.8. The average molecular weight is 424 g/mol. The summed E-state index contributed by atoms with van der Waals surface area (Å²) in [6.45, 7) is 0. The number of aromatic nitrogens is 3. The van der Waals surface area contributed by atoms with Crippen LogP contribution in [0, 0.1) is 0 Å². The molecule has 2 amide bonds. The van der Waals surface area contributed by atoms with Gasteiger partial charge in [0.1, 0.15) is 11.4 Å². The van der Waals surface area contributed by atoms with Crippen LogP contribution in [0.2, 0.25) is 0 Å². The minimum Gasteiger partial charge on any atom is -0.317 e. The second-order valence-electron chi connectivity index (χ2n) is 6.81. The van der Waals surface area contributed by atoms with E-state index in [1.807, 2.05) is 36.4 Å². The summed E-state index contributed by atoms with van der Waals surface area (Å²) in [5, 5.41) is 7.32. The second-order valence-corrected chi connectivity index (χ2v) is 6.81. The first-order valence-electron chi connectivity index (χ1n) is 9.80. The van der Waals surface area contributed by atoms with E-state index in [4.69, 9.17) is 5.84 Å². The summed E-state index contributed by atoms with van der Waals surface area (Å²) in [6.07, 6.45) is 6.66. The first kappa shape index (κ1) is 20.7. The molecule has 0 spiro atoms. The van der Waals surface area contributed by atoms with E-state index in [2.05, 4.69) is 20.8 Å². The maximum Gasteiger partial charge on any atom is 0.281 e. The molecule has 0 fully saturated rings. The van der Waals surface area contributed by atoms with Crippen LogP contribution in [-0.4, -0.2) is 26.6 Å². The van der Waals surface area contributed by atoms with Crippen molar-refractivity contribution in [3.8, 4) is 16.9 Å². The Kier molecular flexibility index (Phi) is 6.15. The van der Waals surface area contributed by atoms with E-state index in [1.165, 1.54) is 6.08 Å². The molecule has 158 valence electrons. The molecule has 4 aromatic rings. The summed E-state index contributed by atoms with van der Waals surface area (Å²) >= 11 is 0. The highest BCUT2D eigenvalue weighted by Gasteiger charge is 2.17. The Morgan fingerprint density at radius 1 is 0.938 bits per heavy atom. The van der Waals surface area contributed by atoms with Crippen LogP contribution in [0.1, 0.15) is 15.9 Å². The molecule has 8 heteroatoms. The molecule has 0 bridgehead atoms. The van der Waals surface area contributed by atoms with Crippen LogP contribution in [0.4, 0.5) is 0 Å². The van der Waals surface area contributed by atoms with Crippen LogP contribution in [0.15, 0.2) is 97.1 Å². The van der Waals surface area contributed by atoms with Gasteiger partial charge < -0.3 is 5.32 Å². The summed E-state index contributed by atoms with van der Waals surface area (Å²) in [7, 11) is 0. The van der Waals surface area contributed by atoms with Crippen LogP contribution in [0.25, 0.3) is 23.0 Å². The summed E-state index contributed by atoms with van der Waals surface area (Å²) in [4.78, 5) is 29.3. The molecule has 0 radical (unpaired) electrons. The number of nitrogens with two attached hydrogens (primary N) is 1. The number of pyridine rings is 1. The Morgan fingerprint density at radius 2 is 1.66 bits per heavy atom. The maximum absolute atomic E-state index is 12.6. The van der Waals surface area contributed by atoms with Gasteiger partial charge >= 0.3 is 0 Å². The van der Waals surface area contributed by atoms with Gasteiger partial charge in [0.25, 0.3) is 11.8 Å². The maximum atomic E-state index is 12.6. The van der Waals surface area contributed by atoms with Gasteiger partial charge in [0.15, 0.2) is 0 Å². The van der Waals surface area contributed by atoms with Gasteiger partial charge in [-0.15, -0.1) is 0 Å². The molecular weight excluding hydrogens is 404 g/mol. The fourth-order valence-electron chi connectivity index (χ4n) is 3.11. The van der Waals surface area contributed by atoms with Crippen LogP contribution in [0.3, 0.4) is 0 Å². The first-order chi connectivity index (χ1) is 15.7. The fraction of sp³-hybridized carbons (Fsp3) is 0. The smallest absolute Gasteiger partial charge is 0.281 e. The van der Waals surface area contributed by atoms with Crippen molar-refractivity contribution >= 4 is 17.9 Å². The normalized spacial score (nSPS) is 11.1. The van der Waals surface area contributed by atoms with E-state index in [0.29, 0.717) is 16.8 Å². The summed E-state index contributed by atoms with van der Waals surface area (Å²) < 4.78 is 1.70. The zero-order valence-electron chi connectivity index (χ0n) is 17.0. The van der Waals surface area contributed by atoms with Gasteiger partial charge in [-0.3, -0.25) is 20.0 Å². The van der Waals surface area contributed by atoms with Gasteiger partial charge in [0.2, 0.25) is 0 Å². The van der Waals surface area contributed by atoms with Gasteiger partial charge in [-0.2, -0.15) is 5.10 Å². The van der Waals surface area contributed by atoms with Crippen molar-refractivity contribution in [1.29, 1.82) is 0 Å². The number of para-hydroxylation sites is 1. The van der Waals surface area contributed by atoms with E-state index < -0.39 is 11.8 Å². The van der Waals surface area contributed by atoms with Crippen LogP contribution < -0.4 is 16.6 Å². The molecule has 8 nitrogen and oxygen atoms in total. The van der Waals surface area contributed by atoms with Crippen LogP contribution >= 0.6 is 0 Å². The molecular formula is C24H20N6O2. The van der Waals surface area contributed by atoms with Crippen molar-refractivity contribution in [2.24, 2.45) is 5.84 Å². The van der Waals surface area contributed by atoms with E-state index in [-0.39, 0.29) is 5.70 Å². The van der Waals surface area contributed by atoms with E-state index in [9.17, 15) is 9.59 Å². The van der Waals surface area contributed by atoms with Gasteiger partial charge in [0, 0.05) is 35.3 Å². The predicted octanol–water partition coefficient (Wildman–Crippen LogP) is 2.70. The molecule has 0 aliphatic rings. The standard InChI is InChI=1S/C24H20N6O2/c25-28-24(32)21(27-23(31)17-8-3-1-4-9-17)14-19-16-30(20-11-5-2-6-12-20)29-22(19)18-10-7-13-26-15-18/h1-16H,25H2,(H,27,31)(H,28,32)/b21-14+. The molecule has 0 aliphatic heterocycles. The highest BCUT2D eigenvalue weighted by atomic mass is 16.2. The number of nitrogens with zero attached hydrogens (tertiary/aromatic N) is 3. The van der Waals surface area contributed by atoms with Crippen molar-refractivity contribution in [1.82, 2.24) is 25.5 Å². The molecule has 32 heavy (non-hydrogen) atoms. The number of nitrogens with one attached hydrogen (secondary N) is 2. The lowest BCUT2D eigenvalue weighted by atomic mass is 10.1. The van der Waals surface area contributed by atoms with Crippen LogP contribution in [0.5, 0.6) is 0 Å². The van der Waals surface area contributed by atoms with Gasteiger partial charge in [-0.1, -0.05) is 36.4 Å². The SMILES string of the molecule is NNC(=O)/C(=C\c1cn(-c2ccccc2)nc1-c1cccnc1)NC(=O)c1ccccc1. The lowest BCUT2D eigenvalue weighted by Gasteiger charge is -2.09. The minimum atomic E-state index is -0.640. The fourth-order valence-corrected chi connectivity index (χ4v) is 3.11. The zero-order chi connectivity index (χ0) is 22.3. The molecule has 2 aromatic heterocycles. The number of carbonyl (C=O) groups is 2. The van der Waals surface area contributed by atoms with Gasteiger partial charge in [-0.05, 0) is 42.5 Å². The summed E-state index contributed by atoms with van der Waals surface area (Å²) in [5.41, 5.74) is 5.28. The Hall–Kier alpha value is -4.56. The van der Waals surface area contributed by atoms with E-state index >= 15 is 0 Å². The number of carbonyl (C=O) groups excluding carboxylic acids is 2. The lowest BCUT2D eigenvalue weighted by molar-refractivity contribution is -0.117. The topological polar surface area (TPSA) is 115 Å². The predicted molar refractivity (Wildman–Crippen MR) is 121 cm³/mol. The molecule has 0 atom stereocenters. The number of amides is 2. The molecule has 2 heterocycles. The minimum absolute atomic E-state index is 0.0147. The quantitative estimate of drug-likeness (QED) is 0.191. The van der Waals surface area contributed by atoms with Crippen molar-refractivity contribution in [2.45, 2.75) is 0 Å². The third-order valence-electron chi connectivity index (χ3n) is 4.66. The number of hydrazine groups is 1. The Morgan fingerprint density at radius 3 is 2.31 bits per heavy atom. The van der Waals surface area contributed by atoms with Gasteiger partial charge in [-0.25, -0.2) is 10.5 Å². The monoisotopic (exact) mass is 424 g/mol. The third kappa shape index (κ3) is 4.61. The number of benzene rings is 2. The third-order valence-corrected chi connectivity index (χ3v) is 4.66. The van der Waals surface area contributed by atoms with Gasteiger partial charge in [0.05, 0.1) is 5.69 Å². The number of hydrogen-bond donors (Lipinski definition) is 3. The Labute approximate surface area is 184 Å². The molecule has 4 N–H and O–H groups in total. The van der Waals surface area contributed by atoms with E-state index in [1.54, 1.807) is 59.7 Å². The van der Waals surface area contributed by atoms with Crippen molar-refractivity contribution < 1.29 is 9.59 Å². The first-order valence-corrected chi connectivity index (χ1v) is 9.80. The highest BCUT2D eigenvalue weighted by Crippen LogP contribution is 2.25. The lowest BCUT2D eigenvalue weighted by Crippen LogP contribution is -2.38. The highest BCUT2D eigenvalue weighted by molar-refractivity contribution is 6.05. The molecule has 4 rings (SSSR count). The number of hydrogen-bond acceptors (Lipinski definition) is 5. The molecule has 0 saturated heterocycles. The second kappa shape index (κ2) is 9.50. The van der Waals surface area contributed by atoms with Crippen molar-refractivity contribution in [2.75, 3.05) is 0 Å². The van der Waals surface area contributed by atoms with Crippen molar-refractivity contribution in [3.05, 3.63) is 108 Å². The molecule has 2 aromatic carbocycles. The number of rotatable bonds is 6. The molecule has 0 saturated carbocycles. The van der Waals surface area contributed by atoms with Crippen molar-refractivity contribution in [3.63, 3.8) is 0 Å². The van der Waals surface area contributed by atoms with E-state index in [0.717, 1.165) is 11.3 Å². The zero-order valence-corrected chi connectivity index (χ0v) is 17.0. The Bertz CT molecular complexity index is 1250. The van der Waals surface area contributed by atoms with Crippen LogP contribution in [-0.2, 0) is 4.79 Å². The Balaban J connectivity index is 1.78.